The average molecular weight is 427 g/mol. The fourth-order valence-electron chi connectivity index (χ4n) is 3.23. The van der Waals surface area contributed by atoms with E-state index in [1.807, 2.05) is 48.5 Å². The lowest BCUT2D eigenvalue weighted by Crippen LogP contribution is -2.16. The Morgan fingerprint density at radius 2 is 1.39 bits per heavy atom. The minimum atomic E-state index is -3.83. The monoisotopic (exact) mass is 427 g/mol. The molecule has 0 saturated carbocycles. The maximum Gasteiger partial charge on any atom is 0.263 e. The fourth-order valence-corrected chi connectivity index (χ4v) is 4.26. The van der Waals surface area contributed by atoms with Crippen molar-refractivity contribution in [3.63, 3.8) is 0 Å². The molecule has 0 amide bonds. The summed E-state index contributed by atoms with van der Waals surface area (Å²) in [7, 11) is -3.83. The molecule has 7 nitrogen and oxygen atoms in total. The molecular formula is C23H17N5O2S. The van der Waals surface area contributed by atoms with E-state index in [1.54, 1.807) is 30.5 Å². The van der Waals surface area contributed by atoms with E-state index in [-0.39, 0.29) is 10.7 Å². The quantitative estimate of drug-likeness (QED) is 0.421. The normalized spacial score (nSPS) is 11.5. The van der Waals surface area contributed by atoms with Gasteiger partial charge in [-0.25, -0.2) is 18.4 Å². The zero-order chi connectivity index (χ0) is 21.3. The second kappa shape index (κ2) is 7.66. The molecule has 5 aromatic rings. The highest BCUT2D eigenvalue weighted by Gasteiger charge is 2.18. The first-order valence-corrected chi connectivity index (χ1v) is 11.0. The molecule has 31 heavy (non-hydrogen) atoms. The number of benzene rings is 3. The topological polar surface area (TPSA) is 96.9 Å². The van der Waals surface area contributed by atoms with Crippen LogP contribution in [0.2, 0.25) is 0 Å². The van der Waals surface area contributed by atoms with Crippen molar-refractivity contribution in [2.45, 2.75) is 4.90 Å². The van der Waals surface area contributed by atoms with Gasteiger partial charge in [-0.2, -0.15) is 0 Å². The molecule has 0 unspecified atom stereocenters. The largest absolute Gasteiger partial charge is 0.337 e. The highest BCUT2D eigenvalue weighted by atomic mass is 32.2. The minimum absolute atomic E-state index is 0.119. The molecule has 0 saturated heterocycles. The lowest BCUT2D eigenvalue weighted by atomic mass is 10.2. The summed E-state index contributed by atoms with van der Waals surface area (Å²) in [5, 5.41) is 4.15. The Labute approximate surface area is 178 Å². The second-order valence-corrected chi connectivity index (χ2v) is 8.55. The summed E-state index contributed by atoms with van der Waals surface area (Å²) in [5.41, 5.74) is 2.84. The van der Waals surface area contributed by atoms with Gasteiger partial charge in [-0.05, 0) is 48.5 Å². The molecule has 0 radical (unpaired) electrons. The van der Waals surface area contributed by atoms with Crippen molar-refractivity contribution in [1.29, 1.82) is 0 Å². The Morgan fingerprint density at radius 1 is 0.677 bits per heavy atom. The highest BCUT2D eigenvalue weighted by molar-refractivity contribution is 7.92. The highest BCUT2D eigenvalue weighted by Crippen LogP contribution is 2.28. The summed E-state index contributed by atoms with van der Waals surface area (Å²) in [4.78, 5) is 13.6. The van der Waals surface area contributed by atoms with E-state index in [2.05, 4.69) is 25.0 Å². The Kier molecular flexibility index (Phi) is 4.68. The molecule has 0 aliphatic heterocycles. The number of fused-ring (bicyclic) bond motifs is 2. The fraction of sp³-hybridized carbons (Fsp3) is 0. The van der Waals surface area contributed by atoms with Gasteiger partial charge in [0.15, 0.2) is 11.6 Å². The van der Waals surface area contributed by atoms with E-state index in [4.69, 9.17) is 0 Å². The van der Waals surface area contributed by atoms with Gasteiger partial charge >= 0.3 is 0 Å². The van der Waals surface area contributed by atoms with E-state index in [9.17, 15) is 8.42 Å². The van der Waals surface area contributed by atoms with Crippen molar-refractivity contribution in [2.75, 3.05) is 10.0 Å². The number of nitrogens with one attached hydrogen (secondary N) is 2. The molecule has 0 spiro atoms. The van der Waals surface area contributed by atoms with E-state index < -0.39 is 10.0 Å². The van der Waals surface area contributed by atoms with Crippen LogP contribution in [0, 0.1) is 0 Å². The van der Waals surface area contributed by atoms with Gasteiger partial charge in [0.2, 0.25) is 0 Å². The first kappa shape index (κ1) is 19.0. The number of sulfonamides is 1. The zero-order valence-electron chi connectivity index (χ0n) is 16.2. The van der Waals surface area contributed by atoms with E-state index >= 15 is 0 Å². The molecular weight excluding hydrogens is 410 g/mol. The van der Waals surface area contributed by atoms with Gasteiger partial charge in [0, 0.05) is 17.3 Å². The van der Waals surface area contributed by atoms with E-state index in [1.165, 1.54) is 12.1 Å². The van der Waals surface area contributed by atoms with Gasteiger partial charge in [0.1, 0.15) is 0 Å². The van der Waals surface area contributed by atoms with Gasteiger partial charge in [-0.1, -0.05) is 36.4 Å². The van der Waals surface area contributed by atoms with Crippen LogP contribution < -0.4 is 10.0 Å². The first-order valence-electron chi connectivity index (χ1n) is 9.55. The summed E-state index contributed by atoms with van der Waals surface area (Å²) in [6.07, 6.45) is 1.74. The van der Waals surface area contributed by atoms with Crippen LogP contribution in [0.4, 0.5) is 17.3 Å². The van der Waals surface area contributed by atoms with Crippen molar-refractivity contribution >= 4 is 49.3 Å². The van der Waals surface area contributed by atoms with Crippen LogP contribution in [0.25, 0.3) is 21.9 Å². The standard InChI is InChI=1S/C23H17N5O2S/c29-31(30,18-8-2-1-3-9-18)28-23-22(26-20-10-4-5-11-21(20)27-23)25-17-12-13-19-16(15-17)7-6-14-24-19/h1-15H,(H,25,26)(H,27,28). The molecule has 2 aromatic heterocycles. The lowest BCUT2D eigenvalue weighted by Gasteiger charge is -2.14. The van der Waals surface area contributed by atoms with Gasteiger partial charge in [-0.3, -0.25) is 9.71 Å². The van der Waals surface area contributed by atoms with Gasteiger partial charge in [0.25, 0.3) is 10.0 Å². The molecule has 2 N–H and O–H groups in total. The van der Waals surface area contributed by atoms with Crippen molar-refractivity contribution in [3.8, 4) is 0 Å². The van der Waals surface area contributed by atoms with Crippen LogP contribution in [0.3, 0.4) is 0 Å². The third-order valence-electron chi connectivity index (χ3n) is 4.72. The van der Waals surface area contributed by atoms with Gasteiger partial charge in [-0.15, -0.1) is 0 Å². The van der Waals surface area contributed by atoms with Crippen molar-refractivity contribution in [3.05, 3.63) is 91.1 Å². The number of anilines is 3. The number of aromatic nitrogens is 3. The van der Waals surface area contributed by atoms with Crippen LogP contribution in [0.5, 0.6) is 0 Å². The number of para-hydroxylation sites is 2. The summed E-state index contributed by atoms with van der Waals surface area (Å²) < 4.78 is 28.4. The predicted molar refractivity (Wildman–Crippen MR) is 122 cm³/mol. The molecule has 0 fully saturated rings. The van der Waals surface area contributed by atoms with Gasteiger partial charge in [0.05, 0.1) is 21.4 Å². The summed E-state index contributed by atoms with van der Waals surface area (Å²) >= 11 is 0. The molecule has 0 atom stereocenters. The molecule has 2 heterocycles. The van der Waals surface area contributed by atoms with Crippen molar-refractivity contribution in [1.82, 2.24) is 15.0 Å². The molecule has 8 heteroatoms. The summed E-state index contributed by atoms with van der Waals surface area (Å²) in [6, 6.07) is 25.0. The summed E-state index contributed by atoms with van der Waals surface area (Å²) in [5.74, 6) is 0.426. The third-order valence-corrected chi connectivity index (χ3v) is 6.08. The van der Waals surface area contributed by atoms with Crippen LogP contribution in [0.1, 0.15) is 0 Å². The first-order chi connectivity index (χ1) is 15.1. The molecule has 5 rings (SSSR count). The SMILES string of the molecule is O=S(=O)(Nc1nc2ccccc2nc1Nc1ccc2ncccc2c1)c1ccccc1. The molecule has 0 aliphatic rings. The lowest BCUT2D eigenvalue weighted by molar-refractivity contribution is 0.601. The van der Waals surface area contributed by atoms with Crippen LogP contribution in [-0.2, 0) is 10.0 Å². The number of rotatable bonds is 5. The Morgan fingerprint density at radius 3 is 2.16 bits per heavy atom. The van der Waals surface area contributed by atoms with Crippen LogP contribution in [-0.4, -0.2) is 23.4 Å². The second-order valence-electron chi connectivity index (χ2n) is 6.86. The van der Waals surface area contributed by atoms with Crippen molar-refractivity contribution < 1.29 is 8.42 Å². The number of hydrogen-bond acceptors (Lipinski definition) is 6. The Hall–Kier alpha value is -4.04. The number of nitrogens with zero attached hydrogens (tertiary/aromatic N) is 3. The maximum absolute atomic E-state index is 12.9. The third kappa shape index (κ3) is 3.88. The van der Waals surface area contributed by atoms with Crippen LogP contribution >= 0.6 is 0 Å². The number of pyridine rings is 1. The molecule has 3 aromatic carbocycles. The smallest absolute Gasteiger partial charge is 0.263 e. The minimum Gasteiger partial charge on any atom is -0.337 e. The predicted octanol–water partition coefficient (Wildman–Crippen LogP) is 4.72. The van der Waals surface area contributed by atoms with Gasteiger partial charge < -0.3 is 5.32 Å². The molecule has 0 aliphatic carbocycles. The van der Waals surface area contributed by atoms with Crippen LogP contribution in [0.15, 0.2) is 96.0 Å². The van der Waals surface area contributed by atoms with E-state index in [0.29, 0.717) is 16.9 Å². The van der Waals surface area contributed by atoms with E-state index in [0.717, 1.165) is 16.6 Å². The Balaban J connectivity index is 1.59. The zero-order valence-corrected chi connectivity index (χ0v) is 17.0. The number of hydrogen-bond donors (Lipinski definition) is 2. The molecule has 152 valence electrons. The summed E-state index contributed by atoms with van der Waals surface area (Å²) in [6.45, 7) is 0. The van der Waals surface area contributed by atoms with Crippen molar-refractivity contribution in [2.24, 2.45) is 0 Å². The molecule has 0 bridgehead atoms. The maximum atomic E-state index is 12.9. The average Bonchev–Trinajstić information content (AvgIpc) is 2.80. The Bertz CT molecular complexity index is 1510.